The van der Waals surface area contributed by atoms with Crippen LogP contribution in [0.4, 0.5) is 10.6 Å². The van der Waals surface area contributed by atoms with Crippen molar-refractivity contribution in [3.05, 3.63) is 72.1 Å². The molecule has 0 fully saturated rings. The molecule has 0 spiro atoms. The van der Waals surface area contributed by atoms with E-state index in [0.29, 0.717) is 42.5 Å². The first-order chi connectivity index (χ1) is 16.0. The molecule has 1 aromatic carbocycles. The van der Waals surface area contributed by atoms with E-state index in [2.05, 4.69) is 32.4 Å². The maximum absolute atomic E-state index is 12.9. The summed E-state index contributed by atoms with van der Waals surface area (Å²) < 4.78 is 1.92. The third-order valence-electron chi connectivity index (χ3n) is 5.51. The van der Waals surface area contributed by atoms with E-state index in [1.807, 2.05) is 42.7 Å². The molecule has 0 unspecified atom stereocenters. The van der Waals surface area contributed by atoms with Crippen LogP contribution in [0.25, 0.3) is 11.5 Å². The maximum Gasteiger partial charge on any atom is 0.317 e. The summed E-state index contributed by atoms with van der Waals surface area (Å²) >= 11 is 0. The lowest BCUT2D eigenvalue weighted by Gasteiger charge is -2.29. The van der Waals surface area contributed by atoms with Crippen LogP contribution < -0.4 is 10.6 Å². The van der Waals surface area contributed by atoms with E-state index in [9.17, 15) is 9.59 Å². The van der Waals surface area contributed by atoms with E-state index < -0.39 is 0 Å². The zero-order valence-corrected chi connectivity index (χ0v) is 18.8. The summed E-state index contributed by atoms with van der Waals surface area (Å²) in [6.07, 6.45) is 4.06. The number of urea groups is 1. The van der Waals surface area contributed by atoms with Crippen molar-refractivity contribution in [2.45, 2.75) is 32.9 Å². The van der Waals surface area contributed by atoms with Crippen LogP contribution in [0.1, 0.15) is 41.4 Å². The van der Waals surface area contributed by atoms with Crippen molar-refractivity contribution >= 4 is 17.8 Å². The van der Waals surface area contributed by atoms with Crippen LogP contribution in [0.15, 0.2) is 55.4 Å². The van der Waals surface area contributed by atoms with Crippen LogP contribution >= 0.6 is 0 Å². The van der Waals surface area contributed by atoms with Gasteiger partial charge in [-0.05, 0) is 55.7 Å². The first kappa shape index (κ1) is 22.2. The standard InChI is InChI=1S/C24H27N7O2/c1-4-11-25-24(33)30-12-10-17-8-9-18(13-19(17)14-30)23(32)28-21-7-5-6-20(27-21)22-29-26-15-31(22)16(2)3/h4-9,13,15-16H,1,10-12,14H2,2-3H3,(H,25,33)(H,27,28,32). The smallest absolute Gasteiger partial charge is 0.317 e. The van der Waals surface area contributed by atoms with Crippen LogP contribution in [0.3, 0.4) is 0 Å². The second kappa shape index (κ2) is 9.64. The van der Waals surface area contributed by atoms with Gasteiger partial charge in [-0.3, -0.25) is 4.79 Å². The molecule has 4 rings (SSSR count). The Morgan fingerprint density at radius 3 is 2.85 bits per heavy atom. The summed E-state index contributed by atoms with van der Waals surface area (Å²) in [5, 5.41) is 13.8. The van der Waals surface area contributed by atoms with Crippen LogP contribution in [-0.2, 0) is 13.0 Å². The van der Waals surface area contributed by atoms with Crippen molar-refractivity contribution in [1.82, 2.24) is 30.0 Å². The van der Waals surface area contributed by atoms with Crippen LogP contribution in [0, 0.1) is 0 Å². The number of hydrogen-bond acceptors (Lipinski definition) is 5. The number of rotatable bonds is 6. The monoisotopic (exact) mass is 445 g/mol. The van der Waals surface area contributed by atoms with Crippen molar-refractivity contribution in [1.29, 1.82) is 0 Å². The minimum Gasteiger partial charge on any atom is -0.335 e. The first-order valence-electron chi connectivity index (χ1n) is 10.9. The molecule has 2 N–H and O–H groups in total. The van der Waals surface area contributed by atoms with Gasteiger partial charge in [-0.15, -0.1) is 16.8 Å². The average molecular weight is 446 g/mol. The quantitative estimate of drug-likeness (QED) is 0.566. The Kier molecular flexibility index (Phi) is 6.48. The molecule has 3 amide bonds. The summed E-state index contributed by atoms with van der Waals surface area (Å²) in [5.41, 5.74) is 3.26. The number of benzene rings is 1. The lowest BCUT2D eigenvalue weighted by Crippen LogP contribution is -2.42. The topological polar surface area (TPSA) is 105 Å². The second-order valence-corrected chi connectivity index (χ2v) is 8.15. The van der Waals surface area contributed by atoms with Gasteiger partial charge in [0.2, 0.25) is 0 Å². The highest BCUT2D eigenvalue weighted by atomic mass is 16.2. The van der Waals surface area contributed by atoms with E-state index >= 15 is 0 Å². The maximum atomic E-state index is 12.9. The van der Waals surface area contributed by atoms with Crippen molar-refractivity contribution in [2.75, 3.05) is 18.4 Å². The summed E-state index contributed by atoms with van der Waals surface area (Å²) in [6, 6.07) is 11.1. The lowest BCUT2D eigenvalue weighted by atomic mass is 9.97. The molecule has 2 aromatic heterocycles. The van der Waals surface area contributed by atoms with E-state index in [1.54, 1.807) is 29.4 Å². The van der Waals surface area contributed by atoms with Gasteiger partial charge in [-0.25, -0.2) is 9.78 Å². The molecular formula is C24H27N7O2. The molecule has 9 nitrogen and oxygen atoms in total. The van der Waals surface area contributed by atoms with E-state index in [4.69, 9.17) is 0 Å². The Hall–Kier alpha value is -4.01. The van der Waals surface area contributed by atoms with Gasteiger partial charge in [-0.1, -0.05) is 18.2 Å². The molecule has 0 radical (unpaired) electrons. The van der Waals surface area contributed by atoms with Crippen LogP contribution in [0.2, 0.25) is 0 Å². The summed E-state index contributed by atoms with van der Waals surface area (Å²) in [4.78, 5) is 31.5. The number of pyridine rings is 1. The van der Waals surface area contributed by atoms with Gasteiger partial charge >= 0.3 is 6.03 Å². The molecule has 0 atom stereocenters. The van der Waals surface area contributed by atoms with Crippen molar-refractivity contribution in [3.8, 4) is 11.5 Å². The van der Waals surface area contributed by atoms with E-state index in [0.717, 1.165) is 17.5 Å². The molecule has 3 heterocycles. The van der Waals surface area contributed by atoms with Gasteiger partial charge in [0.1, 0.15) is 17.8 Å². The van der Waals surface area contributed by atoms with Crippen LogP contribution in [0.5, 0.6) is 0 Å². The SMILES string of the molecule is C=CCNC(=O)N1CCc2ccc(C(=O)Nc3cccc(-c4nncn4C(C)C)n3)cc2C1. The van der Waals surface area contributed by atoms with Gasteiger partial charge in [0.15, 0.2) is 5.82 Å². The number of nitrogens with one attached hydrogen (secondary N) is 2. The third kappa shape index (κ3) is 4.92. The number of aromatic nitrogens is 4. The second-order valence-electron chi connectivity index (χ2n) is 8.15. The number of anilines is 1. The molecule has 0 saturated heterocycles. The summed E-state index contributed by atoms with van der Waals surface area (Å²) in [6.45, 7) is 9.22. The van der Waals surface area contributed by atoms with Crippen molar-refractivity contribution in [2.24, 2.45) is 0 Å². The first-order valence-corrected chi connectivity index (χ1v) is 10.9. The summed E-state index contributed by atoms with van der Waals surface area (Å²) in [7, 11) is 0. The minimum atomic E-state index is -0.263. The molecule has 0 saturated carbocycles. The van der Waals surface area contributed by atoms with Gasteiger partial charge in [0.25, 0.3) is 5.91 Å². The molecule has 3 aromatic rings. The predicted molar refractivity (Wildman–Crippen MR) is 126 cm³/mol. The highest BCUT2D eigenvalue weighted by molar-refractivity contribution is 6.04. The van der Waals surface area contributed by atoms with E-state index in [1.165, 1.54) is 0 Å². The molecule has 0 aliphatic carbocycles. The Morgan fingerprint density at radius 2 is 2.06 bits per heavy atom. The number of carbonyl (C=O) groups excluding carboxylic acids is 2. The Bertz CT molecular complexity index is 1190. The molecule has 1 aliphatic rings. The van der Waals surface area contributed by atoms with Crippen molar-refractivity contribution < 1.29 is 9.59 Å². The molecule has 170 valence electrons. The Labute approximate surface area is 192 Å². The fourth-order valence-corrected chi connectivity index (χ4v) is 3.76. The third-order valence-corrected chi connectivity index (χ3v) is 5.51. The van der Waals surface area contributed by atoms with Gasteiger partial charge in [-0.2, -0.15) is 0 Å². The Morgan fingerprint density at radius 1 is 1.21 bits per heavy atom. The lowest BCUT2D eigenvalue weighted by molar-refractivity contribution is 0.102. The molecular weight excluding hydrogens is 418 g/mol. The van der Waals surface area contributed by atoms with Gasteiger partial charge < -0.3 is 20.1 Å². The Balaban J connectivity index is 1.49. The number of carbonyl (C=O) groups is 2. The number of nitrogens with zero attached hydrogens (tertiary/aromatic N) is 5. The van der Waals surface area contributed by atoms with Gasteiger partial charge in [0, 0.05) is 31.2 Å². The van der Waals surface area contributed by atoms with E-state index in [-0.39, 0.29) is 18.0 Å². The molecule has 33 heavy (non-hydrogen) atoms. The molecule has 0 bridgehead atoms. The number of hydrogen-bond donors (Lipinski definition) is 2. The molecule has 9 heteroatoms. The van der Waals surface area contributed by atoms with Crippen LogP contribution in [-0.4, -0.2) is 49.7 Å². The predicted octanol–water partition coefficient (Wildman–Crippen LogP) is 3.43. The van der Waals surface area contributed by atoms with Crippen molar-refractivity contribution in [3.63, 3.8) is 0 Å². The van der Waals surface area contributed by atoms with Gasteiger partial charge in [0.05, 0.1) is 0 Å². The fraction of sp³-hybridized carbons (Fsp3) is 0.292. The highest BCUT2D eigenvalue weighted by Gasteiger charge is 2.21. The zero-order chi connectivity index (χ0) is 23.4. The highest BCUT2D eigenvalue weighted by Crippen LogP contribution is 2.22. The number of amides is 3. The summed E-state index contributed by atoms with van der Waals surface area (Å²) in [5.74, 6) is 0.810. The minimum absolute atomic E-state index is 0.134. The largest absolute Gasteiger partial charge is 0.335 e. The zero-order valence-electron chi connectivity index (χ0n) is 18.8. The fourth-order valence-electron chi connectivity index (χ4n) is 3.76. The average Bonchev–Trinajstić information content (AvgIpc) is 3.32. The normalized spacial score (nSPS) is 12.9. The molecule has 1 aliphatic heterocycles. The number of fused-ring (bicyclic) bond motifs is 1.